The largest absolute Gasteiger partial charge is 0.494 e. The summed E-state index contributed by atoms with van der Waals surface area (Å²) in [7, 11) is 1.42. The van der Waals surface area contributed by atoms with Crippen molar-refractivity contribution in [1.82, 2.24) is 19.7 Å². The average Bonchev–Trinajstić information content (AvgIpc) is 3.37. The molecule has 3 heterocycles. The molecule has 1 aromatic carbocycles. The molecule has 180 valence electrons. The Balaban J connectivity index is 1.87. The summed E-state index contributed by atoms with van der Waals surface area (Å²) in [4.78, 5) is 16.8. The van der Waals surface area contributed by atoms with Gasteiger partial charge >= 0.3 is 5.97 Å². The van der Waals surface area contributed by atoms with Crippen molar-refractivity contribution in [3.8, 4) is 17.5 Å². The summed E-state index contributed by atoms with van der Waals surface area (Å²) in [6.07, 6.45) is 2.85. The van der Waals surface area contributed by atoms with E-state index in [0.717, 1.165) is 27.7 Å². The number of pyridine rings is 1. The molecule has 0 amide bonds. The van der Waals surface area contributed by atoms with E-state index in [2.05, 4.69) is 16.3 Å². The lowest BCUT2D eigenvalue weighted by atomic mass is 9.60. The number of carboxylic acids is 1. The van der Waals surface area contributed by atoms with Crippen LogP contribution in [0.25, 0.3) is 27.8 Å². The Morgan fingerprint density at radius 2 is 2.14 bits per heavy atom. The molecule has 0 unspecified atom stereocenters. The smallest absolute Gasteiger partial charge is 0.309 e. The summed E-state index contributed by atoms with van der Waals surface area (Å²) >= 11 is 0. The van der Waals surface area contributed by atoms with Crippen LogP contribution in [0, 0.1) is 22.6 Å². The number of nitriles is 1. The number of hydrogen-bond acceptors (Lipinski definition) is 5. The van der Waals surface area contributed by atoms with E-state index in [0.29, 0.717) is 24.2 Å². The molecule has 4 aromatic rings. The number of ether oxygens (including phenoxy) is 1. The normalized spacial score (nSPS) is 20.1. The Labute approximate surface area is 201 Å². The summed E-state index contributed by atoms with van der Waals surface area (Å²) in [6.45, 7) is 5.75. The summed E-state index contributed by atoms with van der Waals surface area (Å²) in [6, 6.07) is 8.93. The molecule has 8 nitrogen and oxygen atoms in total. The zero-order valence-corrected chi connectivity index (χ0v) is 20.0. The van der Waals surface area contributed by atoms with Crippen LogP contribution in [-0.4, -0.2) is 37.9 Å². The molecular weight excluding hydrogens is 449 g/mol. The minimum Gasteiger partial charge on any atom is -0.494 e. The standard InChI is InChI=1S/C26H26FN5O3/c1-25(2,7-8-28)22-20(15-11-26(3,12-15)24(33)34)21-18(9-14-13-29-31-23(14)30-21)32(22)16-5-6-17(27)19(10-16)35-4/h5-6,9-10,13,15H,7,11-12H2,1-4H3,(H,33,34)(H,29,30,31)/t15-,26-. The third kappa shape index (κ3) is 3.43. The number of hydrogen-bond donors (Lipinski definition) is 2. The maximum absolute atomic E-state index is 14.3. The van der Waals surface area contributed by atoms with Crippen molar-refractivity contribution in [3.63, 3.8) is 0 Å². The molecule has 1 aliphatic carbocycles. The summed E-state index contributed by atoms with van der Waals surface area (Å²) in [5, 5.41) is 27.2. The van der Waals surface area contributed by atoms with Gasteiger partial charge in [-0.05, 0) is 43.9 Å². The van der Waals surface area contributed by atoms with Crippen LogP contribution in [0.2, 0.25) is 0 Å². The van der Waals surface area contributed by atoms with Crippen LogP contribution >= 0.6 is 0 Å². The van der Waals surface area contributed by atoms with E-state index in [-0.39, 0.29) is 18.1 Å². The first-order valence-electron chi connectivity index (χ1n) is 11.4. The third-order valence-electron chi connectivity index (χ3n) is 7.25. The number of benzene rings is 1. The highest BCUT2D eigenvalue weighted by molar-refractivity contribution is 5.94. The zero-order chi connectivity index (χ0) is 25.1. The van der Waals surface area contributed by atoms with Gasteiger partial charge in [-0.3, -0.25) is 9.89 Å². The highest BCUT2D eigenvalue weighted by atomic mass is 19.1. The number of rotatable bonds is 6. The highest BCUT2D eigenvalue weighted by Crippen LogP contribution is 2.55. The van der Waals surface area contributed by atoms with Gasteiger partial charge in [-0.1, -0.05) is 13.8 Å². The fraction of sp³-hybridized carbons (Fsp3) is 0.385. The Morgan fingerprint density at radius 3 is 2.80 bits per heavy atom. The molecule has 1 saturated carbocycles. The van der Waals surface area contributed by atoms with E-state index >= 15 is 0 Å². The van der Waals surface area contributed by atoms with Crippen molar-refractivity contribution in [1.29, 1.82) is 5.26 Å². The van der Waals surface area contributed by atoms with Crippen LogP contribution in [0.5, 0.6) is 5.75 Å². The number of nitrogens with one attached hydrogen (secondary N) is 1. The Kier molecular flexibility index (Phi) is 5.09. The van der Waals surface area contributed by atoms with Crippen molar-refractivity contribution in [2.45, 2.75) is 51.4 Å². The number of nitrogens with zero attached hydrogens (tertiary/aromatic N) is 4. The van der Waals surface area contributed by atoms with Gasteiger partial charge in [-0.2, -0.15) is 10.4 Å². The first-order chi connectivity index (χ1) is 16.6. The number of aliphatic carboxylic acids is 1. The summed E-state index contributed by atoms with van der Waals surface area (Å²) in [5.41, 5.74) is 3.19. The lowest BCUT2D eigenvalue weighted by Gasteiger charge is -2.43. The predicted octanol–water partition coefficient (Wildman–Crippen LogP) is 5.21. The van der Waals surface area contributed by atoms with Gasteiger partial charge in [0.05, 0.1) is 35.8 Å². The van der Waals surface area contributed by atoms with Crippen LogP contribution in [0.15, 0.2) is 30.5 Å². The van der Waals surface area contributed by atoms with Gasteiger partial charge < -0.3 is 14.4 Å². The summed E-state index contributed by atoms with van der Waals surface area (Å²) < 4.78 is 21.6. The van der Waals surface area contributed by atoms with Crippen molar-refractivity contribution in [2.24, 2.45) is 5.41 Å². The van der Waals surface area contributed by atoms with E-state index in [4.69, 9.17) is 9.72 Å². The predicted molar refractivity (Wildman–Crippen MR) is 128 cm³/mol. The van der Waals surface area contributed by atoms with Gasteiger partial charge in [0.1, 0.15) is 0 Å². The fourth-order valence-corrected chi connectivity index (χ4v) is 5.39. The maximum Gasteiger partial charge on any atom is 0.309 e. The molecule has 0 saturated heterocycles. The molecule has 2 N–H and O–H groups in total. The second-order valence-electron chi connectivity index (χ2n) is 10.3. The second-order valence-corrected chi connectivity index (χ2v) is 10.3. The second kappa shape index (κ2) is 7.80. The number of methoxy groups -OCH3 is 1. The molecule has 0 radical (unpaired) electrons. The lowest BCUT2D eigenvalue weighted by Crippen LogP contribution is -2.41. The van der Waals surface area contributed by atoms with Crippen LogP contribution in [0.4, 0.5) is 4.39 Å². The number of aromatic nitrogens is 4. The van der Waals surface area contributed by atoms with Gasteiger partial charge in [0.15, 0.2) is 17.2 Å². The minimum atomic E-state index is -0.817. The van der Waals surface area contributed by atoms with Gasteiger partial charge in [0.2, 0.25) is 0 Å². The Hall–Kier alpha value is -3.93. The SMILES string of the molecule is COc1cc(-n2c(C(C)(C)CC#N)c([C@H]3C[C@](C)(C(=O)O)C3)c3nc4[nH]ncc4cc32)ccc1F. The van der Waals surface area contributed by atoms with Gasteiger partial charge in [-0.25, -0.2) is 9.37 Å². The van der Waals surface area contributed by atoms with Crippen LogP contribution < -0.4 is 4.74 Å². The van der Waals surface area contributed by atoms with E-state index in [9.17, 15) is 19.6 Å². The van der Waals surface area contributed by atoms with Crippen molar-refractivity contribution >= 4 is 28.0 Å². The van der Waals surface area contributed by atoms with Gasteiger partial charge in [0, 0.05) is 40.2 Å². The maximum atomic E-state index is 14.3. The number of carbonyl (C=O) groups is 1. The van der Waals surface area contributed by atoms with E-state index in [1.54, 1.807) is 25.3 Å². The molecule has 0 spiro atoms. The number of carboxylic acid groups (broad SMARTS) is 1. The topological polar surface area (TPSA) is 117 Å². The molecule has 1 fully saturated rings. The highest BCUT2D eigenvalue weighted by Gasteiger charge is 2.50. The molecule has 35 heavy (non-hydrogen) atoms. The molecule has 1 aliphatic rings. The number of aromatic amines is 1. The number of halogens is 1. The molecule has 0 atom stereocenters. The van der Waals surface area contributed by atoms with Crippen LogP contribution in [0.3, 0.4) is 0 Å². The number of fused-ring (bicyclic) bond motifs is 2. The van der Waals surface area contributed by atoms with E-state index < -0.39 is 22.6 Å². The summed E-state index contributed by atoms with van der Waals surface area (Å²) in [5.74, 6) is -1.24. The Morgan fingerprint density at radius 1 is 1.40 bits per heavy atom. The third-order valence-corrected chi connectivity index (χ3v) is 7.25. The van der Waals surface area contributed by atoms with Crippen LogP contribution in [0.1, 0.15) is 57.2 Å². The molecule has 0 bridgehead atoms. The first kappa shape index (κ1) is 22.8. The van der Waals surface area contributed by atoms with E-state index in [1.165, 1.54) is 13.2 Å². The molecule has 0 aliphatic heterocycles. The molecule has 9 heteroatoms. The molecule has 3 aromatic heterocycles. The minimum absolute atomic E-state index is 0.0527. The quantitative estimate of drug-likeness (QED) is 0.395. The van der Waals surface area contributed by atoms with E-state index in [1.807, 2.05) is 24.5 Å². The number of H-pyrrole nitrogens is 1. The van der Waals surface area contributed by atoms with Crippen LogP contribution in [-0.2, 0) is 10.2 Å². The van der Waals surface area contributed by atoms with Crippen molar-refractivity contribution in [3.05, 3.63) is 47.5 Å². The van der Waals surface area contributed by atoms with Gasteiger partial charge in [0.25, 0.3) is 0 Å². The lowest BCUT2D eigenvalue weighted by molar-refractivity contribution is -0.154. The van der Waals surface area contributed by atoms with Crippen molar-refractivity contribution < 1.29 is 19.0 Å². The fourth-order valence-electron chi connectivity index (χ4n) is 5.39. The Bertz CT molecular complexity index is 1520. The van der Waals surface area contributed by atoms with Crippen molar-refractivity contribution in [2.75, 3.05) is 7.11 Å². The monoisotopic (exact) mass is 475 g/mol. The zero-order valence-electron chi connectivity index (χ0n) is 20.0. The molecule has 5 rings (SSSR count). The van der Waals surface area contributed by atoms with Gasteiger partial charge in [-0.15, -0.1) is 0 Å². The first-order valence-corrected chi connectivity index (χ1v) is 11.4. The average molecular weight is 476 g/mol. The molecular formula is C26H26FN5O3.